The number of sulfonamides is 1. The van der Waals surface area contributed by atoms with Crippen LogP contribution in [-0.4, -0.2) is 77.2 Å². The van der Waals surface area contributed by atoms with Gasteiger partial charge in [0.15, 0.2) is 23.2 Å². The SMILES string of the molecule is CNS(=O)(=O)c1ccc(Nc2nc(C)nc3c2ncn3[C@@H]2O[C@H](COC)[C@@H](O)[C@H]2O)cc1. The molecule has 0 aliphatic carbocycles. The Bertz CT molecular complexity index is 1220. The molecule has 0 unspecified atom stereocenters. The second-order valence-corrected chi connectivity index (χ2v) is 9.19. The molecule has 3 aromatic rings. The van der Waals surface area contributed by atoms with Crippen molar-refractivity contribution < 1.29 is 28.1 Å². The summed E-state index contributed by atoms with van der Waals surface area (Å²) in [5.74, 6) is 0.842. The van der Waals surface area contributed by atoms with E-state index in [9.17, 15) is 18.6 Å². The van der Waals surface area contributed by atoms with Gasteiger partial charge in [0, 0.05) is 12.8 Å². The first-order valence-electron chi connectivity index (χ1n) is 9.77. The molecule has 4 N–H and O–H groups in total. The molecular weight excluding hydrogens is 440 g/mol. The zero-order valence-corrected chi connectivity index (χ0v) is 18.4. The van der Waals surface area contributed by atoms with Gasteiger partial charge in [-0.3, -0.25) is 4.57 Å². The summed E-state index contributed by atoms with van der Waals surface area (Å²) in [6, 6.07) is 6.16. The Morgan fingerprint density at radius 3 is 2.56 bits per heavy atom. The maximum absolute atomic E-state index is 11.9. The molecule has 0 spiro atoms. The normalized spacial score (nSPS) is 23.7. The van der Waals surface area contributed by atoms with Crippen molar-refractivity contribution >= 4 is 32.7 Å². The van der Waals surface area contributed by atoms with E-state index in [0.717, 1.165) is 0 Å². The van der Waals surface area contributed by atoms with E-state index >= 15 is 0 Å². The van der Waals surface area contributed by atoms with E-state index in [1.807, 2.05) is 0 Å². The highest BCUT2D eigenvalue weighted by molar-refractivity contribution is 7.89. The van der Waals surface area contributed by atoms with Gasteiger partial charge in [-0.1, -0.05) is 0 Å². The third-order valence-electron chi connectivity index (χ3n) is 5.17. The lowest BCUT2D eigenvalue weighted by molar-refractivity contribution is -0.0580. The van der Waals surface area contributed by atoms with E-state index in [1.165, 1.54) is 32.6 Å². The standard InChI is InChI=1S/C19H24N6O6S/c1-10-22-17(24-11-4-6-12(7-5-11)32(28,29)20-2)14-18(23-10)25(9-21-14)19-16(27)15(26)13(31-19)8-30-3/h4-7,9,13,15-16,19-20,26-27H,8H2,1-3H3,(H,22,23,24)/t13-,15-,16-,19-/m1/s1. The highest BCUT2D eigenvalue weighted by Gasteiger charge is 2.44. The third-order valence-corrected chi connectivity index (χ3v) is 6.60. The average Bonchev–Trinajstić information content (AvgIpc) is 3.30. The molecule has 0 radical (unpaired) electrons. The molecule has 1 saturated heterocycles. The zero-order valence-electron chi connectivity index (χ0n) is 17.6. The number of aliphatic hydroxyl groups is 2. The second kappa shape index (κ2) is 8.69. The number of aryl methyl sites for hydroxylation is 1. The van der Waals surface area contributed by atoms with E-state index in [-0.39, 0.29) is 11.5 Å². The average molecular weight is 465 g/mol. The van der Waals surface area contributed by atoms with Gasteiger partial charge in [-0.05, 0) is 38.2 Å². The minimum atomic E-state index is -3.54. The third kappa shape index (κ3) is 4.05. The number of rotatable bonds is 7. The lowest BCUT2D eigenvalue weighted by atomic mass is 10.1. The number of imidazole rings is 1. The number of aromatic nitrogens is 4. The van der Waals surface area contributed by atoms with Crippen molar-refractivity contribution in [2.75, 3.05) is 26.1 Å². The number of methoxy groups -OCH3 is 1. The van der Waals surface area contributed by atoms with Crippen LogP contribution in [0.5, 0.6) is 0 Å². The Morgan fingerprint density at radius 1 is 1.19 bits per heavy atom. The number of anilines is 2. The maximum Gasteiger partial charge on any atom is 0.240 e. The summed E-state index contributed by atoms with van der Waals surface area (Å²) in [5, 5.41) is 23.9. The van der Waals surface area contributed by atoms with Crippen molar-refractivity contribution in [3.8, 4) is 0 Å². The molecule has 1 fully saturated rings. The first kappa shape index (κ1) is 22.5. The Labute approximate surface area is 184 Å². The van der Waals surface area contributed by atoms with E-state index in [0.29, 0.717) is 28.5 Å². The minimum Gasteiger partial charge on any atom is -0.387 e. The van der Waals surface area contributed by atoms with Crippen molar-refractivity contribution in [3.05, 3.63) is 36.4 Å². The van der Waals surface area contributed by atoms with E-state index < -0.39 is 34.6 Å². The molecule has 3 heterocycles. The van der Waals surface area contributed by atoms with Crippen LogP contribution >= 0.6 is 0 Å². The Balaban J connectivity index is 1.66. The van der Waals surface area contributed by atoms with Gasteiger partial charge in [0.05, 0.1) is 17.8 Å². The van der Waals surface area contributed by atoms with Crippen LogP contribution in [0.3, 0.4) is 0 Å². The molecule has 32 heavy (non-hydrogen) atoms. The second-order valence-electron chi connectivity index (χ2n) is 7.30. The Morgan fingerprint density at radius 2 is 1.91 bits per heavy atom. The van der Waals surface area contributed by atoms with E-state index in [1.54, 1.807) is 23.6 Å². The Hall–Kier alpha value is -2.68. The summed E-state index contributed by atoms with van der Waals surface area (Å²) < 4.78 is 38.5. The molecule has 1 aliphatic heterocycles. The molecular formula is C19H24N6O6S. The summed E-state index contributed by atoms with van der Waals surface area (Å²) in [6.07, 6.45) is -2.44. The summed E-state index contributed by atoms with van der Waals surface area (Å²) in [4.78, 5) is 13.3. The van der Waals surface area contributed by atoms with Gasteiger partial charge in [-0.2, -0.15) is 0 Å². The van der Waals surface area contributed by atoms with Crippen molar-refractivity contribution in [2.45, 2.75) is 36.4 Å². The van der Waals surface area contributed by atoms with Crippen LogP contribution in [0.1, 0.15) is 12.1 Å². The first-order valence-corrected chi connectivity index (χ1v) is 11.3. The van der Waals surface area contributed by atoms with Crippen molar-refractivity contribution in [1.82, 2.24) is 24.2 Å². The predicted molar refractivity (Wildman–Crippen MR) is 114 cm³/mol. The van der Waals surface area contributed by atoms with E-state index in [4.69, 9.17) is 9.47 Å². The quantitative estimate of drug-likeness (QED) is 0.376. The van der Waals surface area contributed by atoms with Gasteiger partial charge >= 0.3 is 0 Å². The molecule has 0 amide bonds. The maximum atomic E-state index is 11.9. The number of fused-ring (bicyclic) bond motifs is 1. The van der Waals surface area contributed by atoms with Gasteiger partial charge in [0.1, 0.15) is 24.1 Å². The summed E-state index contributed by atoms with van der Waals surface area (Å²) in [5.41, 5.74) is 1.42. The highest BCUT2D eigenvalue weighted by atomic mass is 32.2. The van der Waals surface area contributed by atoms with Crippen LogP contribution in [0.4, 0.5) is 11.5 Å². The van der Waals surface area contributed by atoms with Gasteiger partial charge < -0.3 is 25.0 Å². The highest BCUT2D eigenvalue weighted by Crippen LogP contribution is 2.33. The number of nitrogens with one attached hydrogen (secondary N) is 2. The molecule has 0 saturated carbocycles. The minimum absolute atomic E-state index is 0.126. The van der Waals surface area contributed by atoms with Crippen LogP contribution in [0.2, 0.25) is 0 Å². The summed E-state index contributed by atoms with van der Waals surface area (Å²) >= 11 is 0. The number of hydrogen-bond donors (Lipinski definition) is 4. The van der Waals surface area contributed by atoms with Crippen LogP contribution in [-0.2, 0) is 19.5 Å². The molecule has 0 bridgehead atoms. The van der Waals surface area contributed by atoms with Crippen molar-refractivity contribution in [2.24, 2.45) is 0 Å². The smallest absolute Gasteiger partial charge is 0.240 e. The molecule has 4 atom stereocenters. The predicted octanol–water partition coefficient (Wildman–Crippen LogP) is 0.0520. The van der Waals surface area contributed by atoms with Crippen molar-refractivity contribution in [1.29, 1.82) is 0 Å². The largest absolute Gasteiger partial charge is 0.387 e. The first-order chi connectivity index (χ1) is 15.2. The monoisotopic (exact) mass is 464 g/mol. The Kier molecular flexibility index (Phi) is 6.11. The molecule has 2 aromatic heterocycles. The topological polar surface area (TPSA) is 161 Å². The number of hydrogen-bond acceptors (Lipinski definition) is 10. The fraction of sp³-hybridized carbons (Fsp3) is 0.421. The molecule has 4 rings (SSSR count). The fourth-order valence-electron chi connectivity index (χ4n) is 3.53. The van der Waals surface area contributed by atoms with Gasteiger partial charge in [-0.15, -0.1) is 0 Å². The number of ether oxygens (including phenoxy) is 2. The lowest BCUT2D eigenvalue weighted by Crippen LogP contribution is -2.33. The van der Waals surface area contributed by atoms with Crippen LogP contribution in [0.15, 0.2) is 35.5 Å². The van der Waals surface area contributed by atoms with Gasteiger partial charge in [0.2, 0.25) is 10.0 Å². The summed E-state index contributed by atoms with van der Waals surface area (Å²) in [7, 11) is -0.709. The fourth-order valence-corrected chi connectivity index (χ4v) is 4.26. The van der Waals surface area contributed by atoms with Crippen LogP contribution < -0.4 is 10.0 Å². The number of nitrogens with zero attached hydrogens (tertiary/aromatic N) is 4. The van der Waals surface area contributed by atoms with Gasteiger partial charge in [-0.25, -0.2) is 28.1 Å². The van der Waals surface area contributed by atoms with Crippen molar-refractivity contribution in [3.63, 3.8) is 0 Å². The molecule has 12 nitrogen and oxygen atoms in total. The zero-order chi connectivity index (χ0) is 23.0. The number of aliphatic hydroxyl groups excluding tert-OH is 2. The molecule has 13 heteroatoms. The molecule has 1 aliphatic rings. The van der Waals surface area contributed by atoms with Crippen LogP contribution in [0, 0.1) is 6.92 Å². The summed E-state index contributed by atoms with van der Waals surface area (Å²) in [6.45, 7) is 1.83. The van der Waals surface area contributed by atoms with Crippen LogP contribution in [0.25, 0.3) is 11.2 Å². The molecule has 1 aromatic carbocycles. The number of benzene rings is 1. The lowest BCUT2D eigenvalue weighted by Gasteiger charge is -2.17. The molecule has 172 valence electrons. The van der Waals surface area contributed by atoms with Gasteiger partial charge in [0.25, 0.3) is 0 Å². The van der Waals surface area contributed by atoms with E-state index in [2.05, 4.69) is 25.0 Å².